The SMILES string of the molecule is CC1CC1(N)c1ccc(Cl)s1. The second-order valence-corrected chi connectivity index (χ2v) is 4.96. The standard InChI is InChI=1S/C8H10ClNS/c1-5-4-8(5,10)6-2-3-7(9)11-6/h2-3,5H,4,10H2,1H3. The average molecular weight is 188 g/mol. The second-order valence-electron chi connectivity index (χ2n) is 3.25. The van der Waals surface area contributed by atoms with Gasteiger partial charge >= 0.3 is 0 Å². The predicted octanol–water partition coefficient (Wildman–Crippen LogP) is 2.60. The Hall–Kier alpha value is -0.0500. The number of halogens is 1. The monoisotopic (exact) mass is 187 g/mol. The highest BCUT2D eigenvalue weighted by Crippen LogP contribution is 2.51. The molecule has 0 bridgehead atoms. The van der Waals surface area contributed by atoms with Crippen LogP contribution in [0, 0.1) is 5.92 Å². The highest BCUT2D eigenvalue weighted by atomic mass is 35.5. The molecule has 1 aliphatic carbocycles. The van der Waals surface area contributed by atoms with Crippen LogP contribution in [0.15, 0.2) is 12.1 Å². The molecule has 1 nitrogen and oxygen atoms in total. The molecule has 1 aromatic rings. The molecule has 11 heavy (non-hydrogen) atoms. The zero-order valence-electron chi connectivity index (χ0n) is 6.30. The van der Waals surface area contributed by atoms with Crippen molar-refractivity contribution in [3.05, 3.63) is 21.3 Å². The smallest absolute Gasteiger partial charge is 0.0931 e. The number of hydrogen-bond acceptors (Lipinski definition) is 2. The molecule has 2 rings (SSSR count). The van der Waals surface area contributed by atoms with Crippen molar-refractivity contribution in [2.24, 2.45) is 11.7 Å². The zero-order chi connectivity index (χ0) is 8.06. The first-order valence-corrected chi connectivity index (χ1v) is 4.87. The van der Waals surface area contributed by atoms with E-state index in [0.717, 1.165) is 10.8 Å². The quantitative estimate of drug-likeness (QED) is 0.719. The van der Waals surface area contributed by atoms with Gasteiger partial charge in [0.25, 0.3) is 0 Å². The number of nitrogens with two attached hydrogens (primary N) is 1. The van der Waals surface area contributed by atoms with E-state index >= 15 is 0 Å². The maximum atomic E-state index is 6.08. The Morgan fingerprint density at radius 3 is 2.73 bits per heavy atom. The van der Waals surface area contributed by atoms with E-state index in [1.54, 1.807) is 11.3 Å². The third-order valence-electron chi connectivity index (χ3n) is 2.40. The highest BCUT2D eigenvalue weighted by molar-refractivity contribution is 7.16. The Kier molecular flexibility index (Phi) is 1.53. The van der Waals surface area contributed by atoms with Crippen LogP contribution < -0.4 is 5.73 Å². The van der Waals surface area contributed by atoms with E-state index in [9.17, 15) is 0 Å². The van der Waals surface area contributed by atoms with Crippen molar-refractivity contribution in [1.29, 1.82) is 0 Å². The molecule has 2 atom stereocenters. The van der Waals surface area contributed by atoms with Crippen molar-refractivity contribution in [3.63, 3.8) is 0 Å². The lowest BCUT2D eigenvalue weighted by Gasteiger charge is -2.04. The summed E-state index contributed by atoms with van der Waals surface area (Å²) in [7, 11) is 0. The molecule has 0 aromatic carbocycles. The van der Waals surface area contributed by atoms with Gasteiger partial charge < -0.3 is 5.73 Å². The molecule has 1 aromatic heterocycles. The number of rotatable bonds is 1. The maximum Gasteiger partial charge on any atom is 0.0931 e. The van der Waals surface area contributed by atoms with Gasteiger partial charge in [0, 0.05) is 4.88 Å². The summed E-state index contributed by atoms with van der Waals surface area (Å²) in [5.41, 5.74) is 6.03. The molecule has 1 aliphatic rings. The summed E-state index contributed by atoms with van der Waals surface area (Å²) in [4.78, 5) is 1.23. The summed E-state index contributed by atoms with van der Waals surface area (Å²) in [6.45, 7) is 2.17. The molecule has 2 N–H and O–H groups in total. The molecule has 1 saturated carbocycles. The predicted molar refractivity (Wildman–Crippen MR) is 49.0 cm³/mol. The van der Waals surface area contributed by atoms with Gasteiger partial charge in [-0.25, -0.2) is 0 Å². The molecule has 3 heteroatoms. The van der Waals surface area contributed by atoms with Crippen molar-refractivity contribution < 1.29 is 0 Å². The fraction of sp³-hybridized carbons (Fsp3) is 0.500. The van der Waals surface area contributed by atoms with Crippen LogP contribution in [0.4, 0.5) is 0 Å². The van der Waals surface area contributed by atoms with Gasteiger partial charge in [0.05, 0.1) is 9.88 Å². The first-order chi connectivity index (χ1) is 5.13. The topological polar surface area (TPSA) is 26.0 Å². The molecule has 60 valence electrons. The Morgan fingerprint density at radius 2 is 2.36 bits per heavy atom. The van der Waals surface area contributed by atoms with Crippen LogP contribution in [0.2, 0.25) is 4.34 Å². The van der Waals surface area contributed by atoms with E-state index in [-0.39, 0.29) is 5.54 Å². The summed E-state index contributed by atoms with van der Waals surface area (Å²) in [6, 6.07) is 3.96. The van der Waals surface area contributed by atoms with Crippen LogP contribution in [-0.2, 0) is 5.54 Å². The molecule has 0 radical (unpaired) electrons. The second kappa shape index (κ2) is 2.22. The van der Waals surface area contributed by atoms with E-state index in [4.69, 9.17) is 17.3 Å². The molecule has 0 amide bonds. The van der Waals surface area contributed by atoms with E-state index in [2.05, 4.69) is 6.92 Å². The van der Waals surface area contributed by atoms with Crippen molar-refractivity contribution in [2.75, 3.05) is 0 Å². The Labute approximate surface area is 75.2 Å². The van der Waals surface area contributed by atoms with Gasteiger partial charge in [-0.2, -0.15) is 0 Å². The van der Waals surface area contributed by atoms with Gasteiger partial charge in [0.15, 0.2) is 0 Å². The van der Waals surface area contributed by atoms with Crippen LogP contribution >= 0.6 is 22.9 Å². The van der Waals surface area contributed by atoms with Gasteiger partial charge in [-0.3, -0.25) is 0 Å². The zero-order valence-corrected chi connectivity index (χ0v) is 7.88. The molecule has 2 unspecified atom stereocenters. The van der Waals surface area contributed by atoms with E-state index in [1.165, 1.54) is 4.88 Å². The van der Waals surface area contributed by atoms with Crippen molar-refractivity contribution in [2.45, 2.75) is 18.9 Å². The minimum Gasteiger partial charge on any atom is -0.321 e. The summed E-state index contributed by atoms with van der Waals surface area (Å²) < 4.78 is 0.837. The van der Waals surface area contributed by atoms with Crippen molar-refractivity contribution in [3.8, 4) is 0 Å². The Balaban J connectivity index is 2.31. The fourth-order valence-electron chi connectivity index (χ4n) is 1.36. The van der Waals surface area contributed by atoms with E-state index < -0.39 is 0 Å². The summed E-state index contributed by atoms with van der Waals surface area (Å²) in [6.07, 6.45) is 1.10. The van der Waals surface area contributed by atoms with Crippen LogP contribution in [0.1, 0.15) is 18.2 Å². The molecule has 0 saturated heterocycles. The van der Waals surface area contributed by atoms with Crippen molar-refractivity contribution in [1.82, 2.24) is 0 Å². The van der Waals surface area contributed by atoms with E-state index in [0.29, 0.717) is 5.92 Å². The van der Waals surface area contributed by atoms with Gasteiger partial charge in [-0.05, 0) is 24.5 Å². The van der Waals surface area contributed by atoms with Crippen LogP contribution in [0.25, 0.3) is 0 Å². The Bertz CT molecular complexity index is 283. The normalized spacial score (nSPS) is 35.7. The van der Waals surface area contributed by atoms with Crippen molar-refractivity contribution >= 4 is 22.9 Å². The molecular formula is C8H10ClNS. The maximum absolute atomic E-state index is 6.08. The lowest BCUT2D eigenvalue weighted by molar-refractivity contribution is 0.679. The van der Waals surface area contributed by atoms with Crippen LogP contribution in [0.3, 0.4) is 0 Å². The third-order valence-corrected chi connectivity index (χ3v) is 3.82. The minimum absolute atomic E-state index is 0.0438. The Morgan fingerprint density at radius 1 is 1.73 bits per heavy atom. The van der Waals surface area contributed by atoms with E-state index in [1.807, 2.05) is 12.1 Å². The fourth-order valence-corrected chi connectivity index (χ4v) is 2.62. The lowest BCUT2D eigenvalue weighted by atomic mass is 10.2. The van der Waals surface area contributed by atoms with Crippen LogP contribution in [0.5, 0.6) is 0 Å². The first-order valence-electron chi connectivity index (χ1n) is 3.67. The largest absolute Gasteiger partial charge is 0.321 e. The first kappa shape index (κ1) is 7.59. The lowest BCUT2D eigenvalue weighted by Crippen LogP contribution is -2.19. The van der Waals surface area contributed by atoms with Gasteiger partial charge in [-0.15, -0.1) is 11.3 Å². The average Bonchev–Trinajstić information content (AvgIpc) is 2.44. The van der Waals surface area contributed by atoms with Gasteiger partial charge in [-0.1, -0.05) is 18.5 Å². The van der Waals surface area contributed by atoms with Gasteiger partial charge in [0.1, 0.15) is 0 Å². The minimum atomic E-state index is -0.0438. The third kappa shape index (κ3) is 1.10. The molecule has 0 aliphatic heterocycles. The number of hydrogen-bond donors (Lipinski definition) is 1. The summed E-state index contributed by atoms with van der Waals surface area (Å²) in [5.74, 6) is 0.622. The molecule has 1 heterocycles. The highest BCUT2D eigenvalue weighted by Gasteiger charge is 2.49. The number of thiophene rings is 1. The summed E-state index contributed by atoms with van der Waals surface area (Å²) in [5, 5.41) is 0. The van der Waals surface area contributed by atoms with Gasteiger partial charge in [0.2, 0.25) is 0 Å². The molecule has 0 spiro atoms. The molecule has 1 fully saturated rings. The van der Waals surface area contributed by atoms with Crippen LogP contribution in [-0.4, -0.2) is 0 Å². The molecular weight excluding hydrogens is 178 g/mol. The summed E-state index contributed by atoms with van der Waals surface area (Å²) >= 11 is 7.41.